The Bertz CT molecular complexity index is 571. The summed E-state index contributed by atoms with van der Waals surface area (Å²) in [7, 11) is 7.55. The molecule has 0 saturated heterocycles. The van der Waals surface area contributed by atoms with E-state index in [0.717, 1.165) is 30.3 Å². The zero-order chi connectivity index (χ0) is 15.2. The van der Waals surface area contributed by atoms with Gasteiger partial charge in [0.05, 0.1) is 12.8 Å². The highest BCUT2D eigenvalue weighted by Crippen LogP contribution is 2.11. The number of methoxy groups -OCH3 is 1. The van der Waals surface area contributed by atoms with Crippen molar-refractivity contribution >= 4 is 5.95 Å². The van der Waals surface area contributed by atoms with Crippen LogP contribution in [0.4, 0.5) is 5.95 Å². The summed E-state index contributed by atoms with van der Waals surface area (Å²) in [5, 5.41) is 0. The number of aromatic nitrogens is 3. The average Bonchev–Trinajstić information content (AvgIpc) is 2.48. The van der Waals surface area contributed by atoms with Gasteiger partial charge in [-0.05, 0) is 18.7 Å². The summed E-state index contributed by atoms with van der Waals surface area (Å²) < 4.78 is 5.06. The molecule has 0 spiro atoms. The van der Waals surface area contributed by atoms with E-state index in [9.17, 15) is 0 Å². The largest absolute Gasteiger partial charge is 0.481 e. The van der Waals surface area contributed by atoms with E-state index in [-0.39, 0.29) is 0 Å². The summed E-state index contributed by atoms with van der Waals surface area (Å²) in [6.07, 6.45) is 3.63. The van der Waals surface area contributed by atoms with Crippen molar-refractivity contribution in [2.45, 2.75) is 13.1 Å². The average molecular weight is 287 g/mol. The molecule has 0 N–H and O–H groups in total. The van der Waals surface area contributed by atoms with Crippen LogP contribution >= 0.6 is 0 Å². The lowest BCUT2D eigenvalue weighted by Crippen LogP contribution is -2.19. The summed E-state index contributed by atoms with van der Waals surface area (Å²) >= 11 is 0. The first kappa shape index (κ1) is 15.2. The first-order valence-corrected chi connectivity index (χ1v) is 6.75. The van der Waals surface area contributed by atoms with Gasteiger partial charge in [0.25, 0.3) is 0 Å². The van der Waals surface area contributed by atoms with Crippen molar-refractivity contribution in [1.29, 1.82) is 0 Å². The number of rotatable bonds is 6. The van der Waals surface area contributed by atoms with E-state index in [0.29, 0.717) is 5.88 Å². The summed E-state index contributed by atoms with van der Waals surface area (Å²) in [4.78, 5) is 17.0. The van der Waals surface area contributed by atoms with Crippen LogP contribution in [0.1, 0.15) is 11.3 Å². The lowest BCUT2D eigenvalue weighted by atomic mass is 10.2. The maximum absolute atomic E-state index is 5.06. The highest BCUT2D eigenvalue weighted by Gasteiger charge is 2.06. The smallest absolute Gasteiger partial charge is 0.225 e. The standard InChI is InChI=1S/C15H21N5O/c1-19(2)15-16-8-7-13(18-15)11-20(3)10-12-5-6-14(21-4)17-9-12/h5-9H,10-11H2,1-4H3. The number of hydrogen-bond acceptors (Lipinski definition) is 6. The van der Waals surface area contributed by atoms with Crippen LogP contribution in [0.2, 0.25) is 0 Å². The van der Waals surface area contributed by atoms with Gasteiger partial charge in [-0.3, -0.25) is 4.90 Å². The summed E-state index contributed by atoms with van der Waals surface area (Å²) in [5.41, 5.74) is 2.14. The Morgan fingerprint density at radius 3 is 2.48 bits per heavy atom. The lowest BCUT2D eigenvalue weighted by Gasteiger charge is -2.17. The fraction of sp³-hybridized carbons (Fsp3) is 0.400. The predicted octanol–water partition coefficient (Wildman–Crippen LogP) is 1.58. The third-order valence-electron chi connectivity index (χ3n) is 2.99. The lowest BCUT2D eigenvalue weighted by molar-refractivity contribution is 0.314. The molecule has 21 heavy (non-hydrogen) atoms. The van der Waals surface area contributed by atoms with E-state index in [1.54, 1.807) is 13.3 Å². The van der Waals surface area contributed by atoms with Crippen molar-refractivity contribution in [3.63, 3.8) is 0 Å². The van der Waals surface area contributed by atoms with Gasteiger partial charge >= 0.3 is 0 Å². The Balaban J connectivity index is 1.97. The van der Waals surface area contributed by atoms with E-state index >= 15 is 0 Å². The molecular formula is C15H21N5O. The van der Waals surface area contributed by atoms with Gasteiger partial charge in [-0.1, -0.05) is 6.07 Å². The molecule has 0 saturated carbocycles. The molecule has 0 atom stereocenters. The van der Waals surface area contributed by atoms with Gasteiger partial charge in [0.1, 0.15) is 0 Å². The van der Waals surface area contributed by atoms with E-state index < -0.39 is 0 Å². The molecule has 2 heterocycles. The monoisotopic (exact) mass is 287 g/mol. The number of nitrogens with zero attached hydrogens (tertiary/aromatic N) is 5. The minimum Gasteiger partial charge on any atom is -0.481 e. The van der Waals surface area contributed by atoms with Crippen LogP contribution in [-0.4, -0.2) is 48.1 Å². The third kappa shape index (κ3) is 4.39. The van der Waals surface area contributed by atoms with Crippen molar-refractivity contribution in [3.05, 3.63) is 41.9 Å². The van der Waals surface area contributed by atoms with E-state index in [1.807, 2.05) is 43.4 Å². The second-order valence-electron chi connectivity index (χ2n) is 5.12. The van der Waals surface area contributed by atoms with Crippen molar-refractivity contribution in [2.75, 3.05) is 33.2 Å². The van der Waals surface area contributed by atoms with Crippen LogP contribution < -0.4 is 9.64 Å². The Labute approximate surface area is 125 Å². The van der Waals surface area contributed by atoms with Crippen LogP contribution in [0.5, 0.6) is 5.88 Å². The Morgan fingerprint density at radius 1 is 1.05 bits per heavy atom. The van der Waals surface area contributed by atoms with Gasteiger partial charge in [0.15, 0.2) is 0 Å². The molecule has 0 aliphatic carbocycles. The first-order valence-electron chi connectivity index (χ1n) is 6.75. The van der Waals surface area contributed by atoms with E-state index in [2.05, 4.69) is 26.9 Å². The molecular weight excluding hydrogens is 266 g/mol. The number of hydrogen-bond donors (Lipinski definition) is 0. The molecule has 0 radical (unpaired) electrons. The molecule has 0 aromatic carbocycles. The van der Waals surface area contributed by atoms with Crippen molar-refractivity contribution in [1.82, 2.24) is 19.9 Å². The topological polar surface area (TPSA) is 54.4 Å². The fourth-order valence-electron chi connectivity index (χ4n) is 1.96. The van der Waals surface area contributed by atoms with Crippen molar-refractivity contribution in [2.24, 2.45) is 0 Å². The molecule has 6 heteroatoms. The molecule has 0 fully saturated rings. The zero-order valence-corrected chi connectivity index (χ0v) is 12.9. The summed E-state index contributed by atoms with van der Waals surface area (Å²) in [5.74, 6) is 1.36. The van der Waals surface area contributed by atoms with Crippen LogP contribution in [0.15, 0.2) is 30.6 Å². The SMILES string of the molecule is COc1ccc(CN(C)Cc2ccnc(N(C)C)n2)cn1. The minimum absolute atomic E-state index is 0.632. The van der Waals surface area contributed by atoms with E-state index in [4.69, 9.17) is 4.74 Å². The van der Waals surface area contributed by atoms with Crippen LogP contribution in [-0.2, 0) is 13.1 Å². The minimum atomic E-state index is 0.632. The highest BCUT2D eigenvalue weighted by molar-refractivity contribution is 5.27. The molecule has 0 bridgehead atoms. The molecule has 112 valence electrons. The third-order valence-corrected chi connectivity index (χ3v) is 2.99. The van der Waals surface area contributed by atoms with Crippen LogP contribution in [0, 0.1) is 0 Å². The Hall–Kier alpha value is -2.21. The molecule has 0 amide bonds. The first-order chi connectivity index (χ1) is 10.1. The van der Waals surface area contributed by atoms with E-state index in [1.165, 1.54) is 0 Å². The van der Waals surface area contributed by atoms with Gasteiger partial charge in [-0.25, -0.2) is 15.0 Å². The summed E-state index contributed by atoms with van der Waals surface area (Å²) in [6.45, 7) is 1.56. The fourth-order valence-corrected chi connectivity index (χ4v) is 1.96. The molecule has 6 nitrogen and oxygen atoms in total. The molecule has 2 rings (SSSR count). The van der Waals surface area contributed by atoms with Gasteiger partial charge in [0.2, 0.25) is 11.8 Å². The highest BCUT2D eigenvalue weighted by atomic mass is 16.5. The normalized spacial score (nSPS) is 10.7. The molecule has 2 aromatic rings. The zero-order valence-electron chi connectivity index (χ0n) is 12.9. The maximum Gasteiger partial charge on any atom is 0.225 e. The Morgan fingerprint density at radius 2 is 1.86 bits per heavy atom. The van der Waals surface area contributed by atoms with Crippen LogP contribution in [0.25, 0.3) is 0 Å². The summed E-state index contributed by atoms with van der Waals surface area (Å²) in [6, 6.07) is 5.83. The van der Waals surface area contributed by atoms with Gasteiger partial charge in [0, 0.05) is 45.6 Å². The van der Waals surface area contributed by atoms with Crippen molar-refractivity contribution in [3.8, 4) is 5.88 Å². The van der Waals surface area contributed by atoms with Gasteiger partial charge in [-0.15, -0.1) is 0 Å². The molecule has 2 aromatic heterocycles. The van der Waals surface area contributed by atoms with Gasteiger partial charge in [-0.2, -0.15) is 0 Å². The van der Waals surface area contributed by atoms with Crippen molar-refractivity contribution < 1.29 is 4.74 Å². The second kappa shape index (κ2) is 6.99. The molecule has 0 aliphatic rings. The number of pyridine rings is 1. The van der Waals surface area contributed by atoms with Gasteiger partial charge < -0.3 is 9.64 Å². The maximum atomic E-state index is 5.06. The second-order valence-corrected chi connectivity index (χ2v) is 5.12. The number of ether oxygens (including phenoxy) is 1. The number of anilines is 1. The quantitative estimate of drug-likeness (QED) is 0.804. The molecule has 0 aliphatic heterocycles. The molecule has 0 unspecified atom stereocenters. The Kier molecular flexibility index (Phi) is 5.05. The van der Waals surface area contributed by atoms with Crippen LogP contribution in [0.3, 0.4) is 0 Å². The predicted molar refractivity (Wildman–Crippen MR) is 82.3 cm³/mol.